The average molecular weight is 283 g/mol. The number of hydrogen-bond donors (Lipinski definition) is 1. The maximum absolute atomic E-state index is 12.1. The molecule has 1 atom stereocenters. The molecule has 0 spiro atoms. The predicted octanol–water partition coefficient (Wildman–Crippen LogP) is 0.744. The summed E-state index contributed by atoms with van der Waals surface area (Å²) in [7, 11) is 0. The molecule has 1 N–H and O–H groups in total. The fourth-order valence-corrected chi connectivity index (χ4v) is 2.44. The van der Waals surface area contributed by atoms with Gasteiger partial charge in [-0.05, 0) is 11.1 Å². The summed E-state index contributed by atoms with van der Waals surface area (Å²) in [6.07, 6.45) is 0. The zero-order chi connectivity index (χ0) is 14.7. The summed E-state index contributed by atoms with van der Waals surface area (Å²) in [6.45, 7) is 0.816. The fourth-order valence-electron chi connectivity index (χ4n) is 2.44. The smallest absolute Gasteiger partial charge is 0.298 e. The van der Waals surface area contributed by atoms with Crippen molar-refractivity contribution in [3.8, 4) is 0 Å². The quantitative estimate of drug-likeness (QED) is 0.842. The highest BCUT2D eigenvalue weighted by atomic mass is 16.6. The SMILES string of the molecule is O=C1C[NH+]([O-])N(Cc2ccccc2)N1Cc1ccccc1. The van der Waals surface area contributed by atoms with Crippen LogP contribution in [0.1, 0.15) is 11.1 Å². The lowest BCUT2D eigenvalue weighted by Gasteiger charge is -2.31. The van der Waals surface area contributed by atoms with Crippen LogP contribution in [-0.2, 0) is 17.9 Å². The molecular weight excluding hydrogens is 266 g/mol. The van der Waals surface area contributed by atoms with Crippen molar-refractivity contribution in [1.82, 2.24) is 10.1 Å². The van der Waals surface area contributed by atoms with E-state index in [2.05, 4.69) is 0 Å². The molecule has 0 radical (unpaired) electrons. The largest absolute Gasteiger partial charge is 0.611 e. The van der Waals surface area contributed by atoms with Gasteiger partial charge in [0.05, 0.1) is 13.1 Å². The molecule has 1 saturated heterocycles. The van der Waals surface area contributed by atoms with Gasteiger partial charge >= 0.3 is 0 Å². The second kappa shape index (κ2) is 6.05. The number of nitrogens with zero attached hydrogens (tertiary/aromatic N) is 2. The van der Waals surface area contributed by atoms with E-state index in [9.17, 15) is 10.0 Å². The summed E-state index contributed by atoms with van der Waals surface area (Å²) in [6, 6.07) is 19.4. The number of hydroxylamine groups is 1. The first-order valence-corrected chi connectivity index (χ1v) is 6.92. The van der Waals surface area contributed by atoms with Crippen LogP contribution in [0.2, 0.25) is 0 Å². The minimum absolute atomic E-state index is 0.0420. The first kappa shape index (κ1) is 13.8. The highest BCUT2D eigenvalue weighted by Gasteiger charge is 2.35. The molecule has 5 heteroatoms. The van der Waals surface area contributed by atoms with E-state index in [1.165, 1.54) is 0 Å². The molecule has 2 aromatic rings. The Morgan fingerprint density at radius 2 is 1.43 bits per heavy atom. The number of carbonyl (C=O) groups is 1. The zero-order valence-electron chi connectivity index (χ0n) is 11.6. The Balaban J connectivity index is 1.78. The summed E-state index contributed by atoms with van der Waals surface area (Å²) >= 11 is 0. The van der Waals surface area contributed by atoms with Crippen LogP contribution in [0.4, 0.5) is 0 Å². The highest BCUT2D eigenvalue weighted by molar-refractivity contribution is 5.77. The number of rotatable bonds is 4. The Morgan fingerprint density at radius 1 is 0.905 bits per heavy atom. The van der Waals surface area contributed by atoms with E-state index in [1.807, 2.05) is 60.7 Å². The van der Waals surface area contributed by atoms with Gasteiger partial charge in [0.1, 0.15) is 0 Å². The zero-order valence-corrected chi connectivity index (χ0v) is 11.6. The third-order valence-corrected chi connectivity index (χ3v) is 3.52. The van der Waals surface area contributed by atoms with Gasteiger partial charge in [-0.2, -0.15) is 0 Å². The molecule has 1 aliphatic rings. The Hall–Kier alpha value is -2.21. The average Bonchev–Trinajstić information content (AvgIpc) is 2.76. The number of amides is 1. The Morgan fingerprint density at radius 3 is 2.00 bits per heavy atom. The second-order valence-corrected chi connectivity index (χ2v) is 5.05. The van der Waals surface area contributed by atoms with Crippen LogP contribution in [0, 0.1) is 5.21 Å². The van der Waals surface area contributed by atoms with E-state index in [-0.39, 0.29) is 17.6 Å². The summed E-state index contributed by atoms with van der Waals surface area (Å²) in [5.74, 6) is -0.139. The van der Waals surface area contributed by atoms with Gasteiger partial charge in [-0.1, -0.05) is 65.8 Å². The number of quaternary nitrogens is 1. The molecule has 1 amide bonds. The van der Waals surface area contributed by atoms with Gasteiger partial charge in [-0.15, -0.1) is 0 Å². The van der Waals surface area contributed by atoms with E-state index in [4.69, 9.17) is 0 Å². The van der Waals surface area contributed by atoms with E-state index in [1.54, 1.807) is 10.1 Å². The van der Waals surface area contributed by atoms with Crippen LogP contribution >= 0.6 is 0 Å². The summed E-state index contributed by atoms with van der Waals surface area (Å²) < 4.78 is 0. The van der Waals surface area contributed by atoms with E-state index >= 15 is 0 Å². The maximum Gasteiger partial charge on any atom is 0.298 e. The lowest BCUT2D eigenvalue weighted by atomic mass is 10.2. The molecule has 5 nitrogen and oxygen atoms in total. The van der Waals surface area contributed by atoms with Gasteiger partial charge < -0.3 is 5.21 Å². The van der Waals surface area contributed by atoms with Crippen molar-refractivity contribution in [3.05, 3.63) is 77.0 Å². The first-order chi connectivity index (χ1) is 10.2. The predicted molar refractivity (Wildman–Crippen MR) is 78.2 cm³/mol. The van der Waals surface area contributed by atoms with E-state index in [0.717, 1.165) is 11.1 Å². The van der Waals surface area contributed by atoms with Crippen molar-refractivity contribution in [2.45, 2.75) is 13.1 Å². The summed E-state index contributed by atoms with van der Waals surface area (Å²) in [4.78, 5) is 12.1. The third kappa shape index (κ3) is 3.11. The molecule has 0 saturated carbocycles. The van der Waals surface area contributed by atoms with Crippen molar-refractivity contribution in [2.75, 3.05) is 6.54 Å². The molecule has 0 aliphatic carbocycles. The minimum Gasteiger partial charge on any atom is -0.611 e. The molecule has 1 heterocycles. The van der Waals surface area contributed by atoms with Crippen molar-refractivity contribution in [3.63, 3.8) is 0 Å². The minimum atomic E-state index is -0.139. The Kier molecular flexibility index (Phi) is 3.96. The molecule has 2 aromatic carbocycles. The molecule has 108 valence electrons. The Bertz CT molecular complexity index is 603. The van der Waals surface area contributed by atoms with Crippen molar-refractivity contribution >= 4 is 5.91 Å². The lowest BCUT2D eigenvalue weighted by Crippen LogP contribution is -3.12. The molecule has 3 rings (SSSR count). The first-order valence-electron chi connectivity index (χ1n) is 6.92. The lowest BCUT2D eigenvalue weighted by molar-refractivity contribution is -0.974. The van der Waals surface area contributed by atoms with Crippen molar-refractivity contribution in [1.29, 1.82) is 0 Å². The molecule has 0 aromatic heterocycles. The molecule has 1 fully saturated rings. The summed E-state index contributed by atoms with van der Waals surface area (Å²) in [5.41, 5.74) is 2.03. The van der Waals surface area contributed by atoms with Gasteiger partial charge in [0, 0.05) is 0 Å². The van der Waals surface area contributed by atoms with Gasteiger partial charge in [0.15, 0.2) is 6.54 Å². The van der Waals surface area contributed by atoms with Crippen LogP contribution in [0.3, 0.4) is 0 Å². The highest BCUT2D eigenvalue weighted by Crippen LogP contribution is 2.11. The van der Waals surface area contributed by atoms with Gasteiger partial charge in [-0.3, -0.25) is 9.97 Å². The van der Waals surface area contributed by atoms with E-state index in [0.29, 0.717) is 13.1 Å². The molecular formula is C16H17N3O2. The van der Waals surface area contributed by atoms with Crippen LogP contribution in [0.5, 0.6) is 0 Å². The summed E-state index contributed by atoms with van der Waals surface area (Å²) in [5, 5.41) is 15.0. The van der Waals surface area contributed by atoms with Gasteiger partial charge in [0.25, 0.3) is 5.91 Å². The topological polar surface area (TPSA) is 51.1 Å². The number of carbonyl (C=O) groups excluding carboxylic acids is 1. The normalized spacial score (nSPS) is 19.2. The molecule has 1 aliphatic heterocycles. The van der Waals surface area contributed by atoms with Crippen molar-refractivity contribution in [2.24, 2.45) is 0 Å². The van der Waals surface area contributed by atoms with E-state index < -0.39 is 0 Å². The monoisotopic (exact) mass is 283 g/mol. The van der Waals surface area contributed by atoms with Gasteiger partial charge in [0.2, 0.25) is 0 Å². The molecule has 1 unspecified atom stereocenters. The fraction of sp³-hybridized carbons (Fsp3) is 0.188. The standard InChI is InChI=1S/C16H17N3O2/c20-16-13-19(21)18(12-15-9-5-2-6-10-15)17(16)11-14-7-3-1-4-8-14/h1-10,19H,11-13H2. The van der Waals surface area contributed by atoms with Crippen molar-refractivity contribution < 1.29 is 9.97 Å². The van der Waals surface area contributed by atoms with Crippen LogP contribution in [0.15, 0.2) is 60.7 Å². The number of hydrazine groups is 1. The second-order valence-electron chi connectivity index (χ2n) is 5.05. The molecule has 0 bridgehead atoms. The third-order valence-electron chi connectivity index (χ3n) is 3.52. The number of nitrogens with one attached hydrogen (secondary N) is 1. The number of benzene rings is 2. The Labute approximate surface area is 123 Å². The van der Waals surface area contributed by atoms with Crippen LogP contribution < -0.4 is 5.17 Å². The van der Waals surface area contributed by atoms with Crippen LogP contribution in [0.25, 0.3) is 0 Å². The molecule has 21 heavy (non-hydrogen) atoms. The van der Waals surface area contributed by atoms with Crippen LogP contribution in [-0.4, -0.2) is 22.6 Å². The number of hydrogen-bond acceptors (Lipinski definition) is 3. The van der Waals surface area contributed by atoms with Gasteiger partial charge in [-0.25, -0.2) is 5.01 Å². The maximum atomic E-state index is 12.1.